The molecule has 0 radical (unpaired) electrons. The van der Waals surface area contributed by atoms with E-state index >= 15 is 0 Å². The first-order valence-corrected chi connectivity index (χ1v) is 7.95. The van der Waals surface area contributed by atoms with E-state index in [9.17, 15) is 9.18 Å². The van der Waals surface area contributed by atoms with Crippen LogP contribution in [0.3, 0.4) is 0 Å². The Bertz CT molecular complexity index is 526. The summed E-state index contributed by atoms with van der Waals surface area (Å²) in [5.74, 6) is 0.104. The van der Waals surface area contributed by atoms with Crippen molar-refractivity contribution in [2.45, 2.75) is 38.5 Å². The van der Waals surface area contributed by atoms with Crippen molar-refractivity contribution in [3.05, 3.63) is 29.6 Å². The van der Waals surface area contributed by atoms with Crippen molar-refractivity contribution in [1.29, 1.82) is 0 Å². The minimum atomic E-state index is -0.206. The molecule has 2 aliphatic heterocycles. The number of carbonyl (C=O) groups is 1. The molecule has 0 aromatic heterocycles. The third kappa shape index (κ3) is 3.10. The quantitative estimate of drug-likeness (QED) is 0.854. The van der Waals surface area contributed by atoms with Gasteiger partial charge in [0, 0.05) is 25.1 Å². The Labute approximate surface area is 125 Å². The van der Waals surface area contributed by atoms with Gasteiger partial charge in [0.05, 0.1) is 0 Å². The van der Waals surface area contributed by atoms with E-state index in [1.54, 1.807) is 24.0 Å². The minimum Gasteiger partial charge on any atom is -0.312 e. The zero-order valence-electron chi connectivity index (χ0n) is 12.6. The lowest BCUT2D eigenvalue weighted by molar-refractivity contribution is -0.116. The van der Waals surface area contributed by atoms with Crippen LogP contribution in [0.25, 0.3) is 0 Å². The molecular formula is C17H23FN2O. The van der Waals surface area contributed by atoms with Gasteiger partial charge in [-0.2, -0.15) is 0 Å². The van der Waals surface area contributed by atoms with Crippen molar-refractivity contribution in [2.75, 3.05) is 31.1 Å². The highest BCUT2D eigenvalue weighted by Gasteiger charge is 2.31. The topological polar surface area (TPSA) is 23.6 Å². The first kappa shape index (κ1) is 14.5. The number of likely N-dealkylation sites (tertiary alicyclic amines) is 1. The molecule has 1 aromatic rings. The predicted molar refractivity (Wildman–Crippen MR) is 82.1 cm³/mol. The average Bonchev–Trinajstić information content (AvgIpc) is 2.84. The van der Waals surface area contributed by atoms with E-state index in [1.807, 2.05) is 0 Å². The fourth-order valence-corrected chi connectivity index (χ4v) is 3.58. The second-order valence-electron chi connectivity index (χ2n) is 6.22. The SMILES string of the molecule is CC(=O)N1CC(CCN2CCCCC2)c2cc(F)ccc21. The van der Waals surface area contributed by atoms with Crippen LogP contribution in [0.1, 0.15) is 44.1 Å². The standard InChI is InChI=1S/C17H23FN2O/c1-13(21)20-12-14(7-10-19-8-3-2-4-9-19)16-11-15(18)5-6-17(16)20/h5-6,11,14H,2-4,7-10,12H2,1H3. The molecule has 0 aliphatic carbocycles. The number of anilines is 1. The minimum absolute atomic E-state index is 0.0448. The summed E-state index contributed by atoms with van der Waals surface area (Å²) < 4.78 is 13.5. The lowest BCUT2D eigenvalue weighted by atomic mass is 9.97. The van der Waals surface area contributed by atoms with Crippen molar-refractivity contribution >= 4 is 11.6 Å². The fraction of sp³-hybridized carbons (Fsp3) is 0.588. The molecule has 1 saturated heterocycles. The van der Waals surface area contributed by atoms with Crippen molar-refractivity contribution in [2.24, 2.45) is 0 Å². The third-order valence-corrected chi connectivity index (χ3v) is 4.75. The van der Waals surface area contributed by atoms with Crippen LogP contribution in [0.4, 0.5) is 10.1 Å². The van der Waals surface area contributed by atoms with Gasteiger partial charge < -0.3 is 9.80 Å². The Kier molecular flexibility index (Phi) is 4.24. The number of fused-ring (bicyclic) bond motifs is 1. The maximum Gasteiger partial charge on any atom is 0.223 e. The van der Waals surface area contributed by atoms with Crippen LogP contribution in [-0.4, -0.2) is 37.0 Å². The summed E-state index contributed by atoms with van der Waals surface area (Å²) in [5, 5.41) is 0. The highest BCUT2D eigenvalue weighted by Crippen LogP contribution is 2.38. The van der Waals surface area contributed by atoms with Crippen LogP contribution >= 0.6 is 0 Å². The van der Waals surface area contributed by atoms with Crippen molar-refractivity contribution in [3.8, 4) is 0 Å². The van der Waals surface area contributed by atoms with Crippen LogP contribution in [-0.2, 0) is 4.79 Å². The van der Waals surface area contributed by atoms with Crippen LogP contribution in [0.2, 0.25) is 0 Å². The molecule has 3 rings (SSSR count). The molecule has 1 fully saturated rings. The molecule has 0 spiro atoms. The summed E-state index contributed by atoms with van der Waals surface area (Å²) in [7, 11) is 0. The number of piperidine rings is 1. The number of hydrogen-bond donors (Lipinski definition) is 0. The van der Waals surface area contributed by atoms with Gasteiger partial charge in [-0.1, -0.05) is 6.42 Å². The number of benzene rings is 1. The molecular weight excluding hydrogens is 267 g/mol. The lowest BCUT2D eigenvalue weighted by Gasteiger charge is -2.27. The normalized spacial score (nSPS) is 22.4. The number of amides is 1. The zero-order chi connectivity index (χ0) is 14.8. The van der Waals surface area contributed by atoms with Gasteiger partial charge in [-0.25, -0.2) is 4.39 Å². The van der Waals surface area contributed by atoms with Gasteiger partial charge in [-0.3, -0.25) is 4.79 Å². The maximum absolute atomic E-state index is 13.5. The Balaban J connectivity index is 1.71. The van der Waals surface area contributed by atoms with Crippen LogP contribution in [0.15, 0.2) is 18.2 Å². The van der Waals surface area contributed by atoms with Gasteiger partial charge in [0.2, 0.25) is 5.91 Å². The van der Waals surface area contributed by atoms with Crippen molar-refractivity contribution in [3.63, 3.8) is 0 Å². The van der Waals surface area contributed by atoms with Gasteiger partial charge in [0.1, 0.15) is 5.82 Å². The van der Waals surface area contributed by atoms with Gasteiger partial charge >= 0.3 is 0 Å². The molecule has 1 unspecified atom stereocenters. The molecule has 3 nitrogen and oxygen atoms in total. The number of rotatable bonds is 3. The molecule has 1 amide bonds. The van der Waals surface area contributed by atoms with Crippen LogP contribution in [0.5, 0.6) is 0 Å². The number of halogens is 1. The summed E-state index contributed by atoms with van der Waals surface area (Å²) in [6.07, 6.45) is 4.91. The van der Waals surface area contributed by atoms with E-state index in [0.29, 0.717) is 6.54 Å². The molecule has 0 saturated carbocycles. The summed E-state index contributed by atoms with van der Waals surface area (Å²) in [4.78, 5) is 16.1. The Morgan fingerprint density at radius 1 is 1.29 bits per heavy atom. The second kappa shape index (κ2) is 6.14. The van der Waals surface area contributed by atoms with Crippen LogP contribution in [0, 0.1) is 5.82 Å². The van der Waals surface area contributed by atoms with Gasteiger partial charge in [0.25, 0.3) is 0 Å². The van der Waals surface area contributed by atoms with E-state index in [-0.39, 0.29) is 17.6 Å². The Hall–Kier alpha value is -1.42. The zero-order valence-corrected chi connectivity index (χ0v) is 12.6. The summed E-state index contributed by atoms with van der Waals surface area (Å²) in [6.45, 7) is 5.69. The largest absolute Gasteiger partial charge is 0.312 e. The number of nitrogens with zero attached hydrogens (tertiary/aromatic N) is 2. The van der Waals surface area contributed by atoms with Crippen LogP contribution < -0.4 is 4.90 Å². The van der Waals surface area contributed by atoms with E-state index in [0.717, 1.165) is 24.2 Å². The first-order valence-electron chi connectivity index (χ1n) is 7.95. The molecule has 1 aromatic carbocycles. The summed E-state index contributed by atoms with van der Waals surface area (Å²) >= 11 is 0. The fourth-order valence-electron chi connectivity index (χ4n) is 3.58. The molecule has 114 valence electrons. The monoisotopic (exact) mass is 290 g/mol. The van der Waals surface area contributed by atoms with Gasteiger partial charge in [0.15, 0.2) is 0 Å². The number of hydrogen-bond acceptors (Lipinski definition) is 2. The maximum atomic E-state index is 13.5. The lowest BCUT2D eigenvalue weighted by Crippen LogP contribution is -2.32. The molecule has 2 heterocycles. The van der Waals surface area contributed by atoms with Gasteiger partial charge in [-0.05, 0) is 62.7 Å². The molecule has 2 aliphatic rings. The highest BCUT2D eigenvalue weighted by molar-refractivity contribution is 5.94. The average molecular weight is 290 g/mol. The summed E-state index contributed by atoms with van der Waals surface area (Å²) in [6, 6.07) is 4.80. The second-order valence-corrected chi connectivity index (χ2v) is 6.22. The molecule has 4 heteroatoms. The van der Waals surface area contributed by atoms with Gasteiger partial charge in [-0.15, -0.1) is 0 Å². The summed E-state index contributed by atoms with van der Waals surface area (Å²) in [5.41, 5.74) is 1.90. The Morgan fingerprint density at radius 2 is 2.05 bits per heavy atom. The van der Waals surface area contributed by atoms with E-state index in [1.165, 1.54) is 38.4 Å². The third-order valence-electron chi connectivity index (χ3n) is 4.75. The Morgan fingerprint density at radius 3 is 2.76 bits per heavy atom. The smallest absolute Gasteiger partial charge is 0.223 e. The molecule has 0 N–H and O–H groups in total. The van der Waals surface area contributed by atoms with E-state index in [2.05, 4.69) is 4.90 Å². The number of carbonyl (C=O) groups excluding carboxylic acids is 1. The van der Waals surface area contributed by atoms with Crippen molar-refractivity contribution in [1.82, 2.24) is 4.90 Å². The van der Waals surface area contributed by atoms with E-state index < -0.39 is 0 Å². The predicted octanol–water partition coefficient (Wildman–Crippen LogP) is 3.15. The van der Waals surface area contributed by atoms with Crippen molar-refractivity contribution < 1.29 is 9.18 Å². The molecule has 1 atom stereocenters. The van der Waals surface area contributed by atoms with E-state index in [4.69, 9.17) is 0 Å². The highest BCUT2D eigenvalue weighted by atomic mass is 19.1. The molecule has 0 bridgehead atoms. The molecule has 21 heavy (non-hydrogen) atoms. The first-order chi connectivity index (χ1) is 10.1.